The van der Waals surface area contributed by atoms with Crippen molar-refractivity contribution in [3.8, 4) is 0 Å². The molecule has 0 aliphatic heterocycles. The molecule has 3 aromatic rings. The van der Waals surface area contributed by atoms with E-state index >= 15 is 0 Å². The predicted molar refractivity (Wildman–Crippen MR) is 86.8 cm³/mol. The molecule has 0 saturated heterocycles. The fourth-order valence-corrected chi connectivity index (χ4v) is 2.60. The lowest BCUT2D eigenvalue weighted by Gasteiger charge is -2.11. The minimum absolute atomic E-state index is 0.731. The molecule has 4 nitrogen and oxygen atoms in total. The van der Waals surface area contributed by atoms with Crippen molar-refractivity contribution in [2.75, 3.05) is 12.4 Å². The normalized spacial score (nSPS) is 11.0. The van der Waals surface area contributed by atoms with E-state index in [0.717, 1.165) is 34.5 Å². The van der Waals surface area contributed by atoms with Crippen LogP contribution in [-0.4, -0.2) is 21.8 Å². The molecule has 0 amide bonds. The summed E-state index contributed by atoms with van der Waals surface area (Å²) in [6.45, 7) is 7.01. The van der Waals surface area contributed by atoms with Crippen LogP contribution in [0.4, 0.5) is 5.82 Å². The summed E-state index contributed by atoms with van der Waals surface area (Å²) in [5.41, 5.74) is 5.72. The number of hydrogen-bond donors (Lipinski definition) is 1. The van der Waals surface area contributed by atoms with Crippen molar-refractivity contribution in [2.24, 2.45) is 0 Å². The lowest BCUT2D eigenvalue weighted by atomic mass is 10.1. The third-order valence-corrected chi connectivity index (χ3v) is 4.10. The van der Waals surface area contributed by atoms with E-state index in [1.54, 1.807) is 0 Å². The first-order chi connectivity index (χ1) is 10.1. The first-order valence-corrected chi connectivity index (χ1v) is 7.17. The van der Waals surface area contributed by atoms with Crippen LogP contribution in [0.5, 0.6) is 0 Å². The Kier molecular flexibility index (Phi) is 3.37. The van der Waals surface area contributed by atoms with E-state index < -0.39 is 0 Å². The number of benzene rings is 1. The van der Waals surface area contributed by atoms with Crippen LogP contribution in [0.2, 0.25) is 0 Å². The van der Waals surface area contributed by atoms with Crippen molar-refractivity contribution in [1.29, 1.82) is 0 Å². The number of aryl methyl sites for hydroxylation is 1. The SMILES string of the molecule is CNc1nc2ccccc2cc1Cn1nc(C)c(C)c1C. The van der Waals surface area contributed by atoms with E-state index in [2.05, 4.69) is 48.0 Å². The quantitative estimate of drug-likeness (QED) is 0.799. The smallest absolute Gasteiger partial charge is 0.131 e. The van der Waals surface area contributed by atoms with E-state index in [1.807, 2.05) is 25.2 Å². The summed E-state index contributed by atoms with van der Waals surface area (Å²) in [7, 11) is 1.91. The van der Waals surface area contributed by atoms with Gasteiger partial charge in [0.1, 0.15) is 5.82 Å². The molecule has 0 saturated carbocycles. The number of pyridine rings is 1. The maximum atomic E-state index is 4.70. The van der Waals surface area contributed by atoms with Gasteiger partial charge in [-0.1, -0.05) is 18.2 Å². The van der Waals surface area contributed by atoms with E-state index in [4.69, 9.17) is 4.98 Å². The van der Waals surface area contributed by atoms with Crippen LogP contribution in [0.15, 0.2) is 30.3 Å². The van der Waals surface area contributed by atoms with Crippen molar-refractivity contribution in [1.82, 2.24) is 14.8 Å². The number of rotatable bonds is 3. The number of nitrogens with one attached hydrogen (secondary N) is 1. The lowest BCUT2D eigenvalue weighted by molar-refractivity contribution is 0.658. The van der Waals surface area contributed by atoms with Gasteiger partial charge in [-0.2, -0.15) is 5.10 Å². The second-order valence-corrected chi connectivity index (χ2v) is 5.39. The van der Waals surface area contributed by atoms with Crippen LogP contribution in [0.25, 0.3) is 10.9 Å². The third-order valence-electron chi connectivity index (χ3n) is 4.10. The van der Waals surface area contributed by atoms with Gasteiger partial charge in [-0.05, 0) is 38.5 Å². The molecule has 2 heterocycles. The molecule has 1 aromatic carbocycles. The van der Waals surface area contributed by atoms with Crippen LogP contribution in [-0.2, 0) is 6.54 Å². The Morgan fingerprint density at radius 2 is 1.90 bits per heavy atom. The second kappa shape index (κ2) is 5.20. The van der Waals surface area contributed by atoms with Crippen molar-refractivity contribution in [2.45, 2.75) is 27.3 Å². The van der Waals surface area contributed by atoms with Crippen LogP contribution in [0.1, 0.15) is 22.5 Å². The Hall–Kier alpha value is -2.36. The Bertz CT molecular complexity index is 802. The Balaban J connectivity index is 2.08. The molecule has 0 radical (unpaired) electrons. The Morgan fingerprint density at radius 3 is 2.57 bits per heavy atom. The minimum atomic E-state index is 0.731. The average Bonchev–Trinajstić information content (AvgIpc) is 2.74. The maximum absolute atomic E-state index is 4.70. The second-order valence-electron chi connectivity index (χ2n) is 5.39. The number of aromatic nitrogens is 3. The molecular weight excluding hydrogens is 260 g/mol. The van der Waals surface area contributed by atoms with Gasteiger partial charge < -0.3 is 5.32 Å². The topological polar surface area (TPSA) is 42.7 Å². The summed E-state index contributed by atoms with van der Waals surface area (Å²) < 4.78 is 2.05. The minimum Gasteiger partial charge on any atom is -0.373 e. The summed E-state index contributed by atoms with van der Waals surface area (Å²) in [6.07, 6.45) is 0. The molecule has 3 rings (SSSR count). The number of anilines is 1. The monoisotopic (exact) mass is 280 g/mol. The molecule has 21 heavy (non-hydrogen) atoms. The third kappa shape index (κ3) is 2.37. The molecule has 108 valence electrons. The summed E-state index contributed by atoms with van der Waals surface area (Å²) >= 11 is 0. The van der Waals surface area contributed by atoms with Gasteiger partial charge >= 0.3 is 0 Å². The van der Waals surface area contributed by atoms with Crippen LogP contribution < -0.4 is 5.32 Å². The zero-order valence-corrected chi connectivity index (χ0v) is 12.9. The van der Waals surface area contributed by atoms with Crippen LogP contribution >= 0.6 is 0 Å². The van der Waals surface area contributed by atoms with E-state index in [0.29, 0.717) is 0 Å². The van der Waals surface area contributed by atoms with E-state index in [1.165, 1.54) is 11.3 Å². The largest absolute Gasteiger partial charge is 0.373 e. The molecule has 0 aliphatic carbocycles. The number of fused-ring (bicyclic) bond motifs is 1. The highest BCUT2D eigenvalue weighted by molar-refractivity contribution is 5.81. The van der Waals surface area contributed by atoms with Gasteiger partial charge in [0.2, 0.25) is 0 Å². The zero-order valence-electron chi connectivity index (χ0n) is 12.9. The van der Waals surface area contributed by atoms with Gasteiger partial charge in [0.15, 0.2) is 0 Å². The van der Waals surface area contributed by atoms with E-state index in [-0.39, 0.29) is 0 Å². The van der Waals surface area contributed by atoms with Crippen LogP contribution in [0, 0.1) is 20.8 Å². The Morgan fingerprint density at radius 1 is 1.14 bits per heavy atom. The number of para-hydroxylation sites is 1. The predicted octanol–water partition coefficient (Wildman–Crippen LogP) is 3.45. The molecule has 0 spiro atoms. The molecule has 0 unspecified atom stereocenters. The summed E-state index contributed by atoms with van der Waals surface area (Å²) in [4.78, 5) is 4.70. The van der Waals surface area contributed by atoms with Crippen molar-refractivity contribution >= 4 is 16.7 Å². The first-order valence-electron chi connectivity index (χ1n) is 7.17. The fraction of sp³-hybridized carbons (Fsp3) is 0.294. The standard InChI is InChI=1S/C17H20N4/c1-11-12(2)20-21(13(11)3)10-15-9-14-7-5-6-8-16(14)19-17(15)18-4/h5-9H,10H2,1-4H3,(H,18,19). The molecular formula is C17H20N4. The number of nitrogens with zero attached hydrogens (tertiary/aromatic N) is 3. The van der Waals surface area contributed by atoms with Crippen molar-refractivity contribution in [3.63, 3.8) is 0 Å². The molecule has 0 atom stereocenters. The lowest BCUT2D eigenvalue weighted by Crippen LogP contribution is -2.08. The van der Waals surface area contributed by atoms with Gasteiger partial charge in [0, 0.05) is 23.7 Å². The molecule has 4 heteroatoms. The maximum Gasteiger partial charge on any atom is 0.131 e. The fourth-order valence-electron chi connectivity index (χ4n) is 2.60. The Labute approximate surface area is 124 Å². The first kappa shape index (κ1) is 13.6. The van der Waals surface area contributed by atoms with Gasteiger partial charge in [0.25, 0.3) is 0 Å². The summed E-state index contributed by atoms with van der Waals surface area (Å²) in [5.74, 6) is 0.916. The van der Waals surface area contributed by atoms with Gasteiger partial charge in [-0.15, -0.1) is 0 Å². The molecule has 2 aromatic heterocycles. The molecule has 0 bridgehead atoms. The summed E-state index contributed by atoms with van der Waals surface area (Å²) in [6, 6.07) is 10.4. The van der Waals surface area contributed by atoms with Crippen LogP contribution in [0.3, 0.4) is 0 Å². The molecule has 0 fully saturated rings. The van der Waals surface area contributed by atoms with Gasteiger partial charge in [-0.25, -0.2) is 4.98 Å². The van der Waals surface area contributed by atoms with Crippen molar-refractivity contribution < 1.29 is 0 Å². The molecule has 0 aliphatic rings. The number of hydrogen-bond acceptors (Lipinski definition) is 3. The van der Waals surface area contributed by atoms with Crippen molar-refractivity contribution in [3.05, 3.63) is 52.8 Å². The van der Waals surface area contributed by atoms with Gasteiger partial charge in [0.05, 0.1) is 17.8 Å². The van der Waals surface area contributed by atoms with E-state index in [9.17, 15) is 0 Å². The highest BCUT2D eigenvalue weighted by Gasteiger charge is 2.11. The molecule has 1 N–H and O–H groups in total. The summed E-state index contributed by atoms with van der Waals surface area (Å²) in [5, 5.41) is 8.98. The van der Waals surface area contributed by atoms with Gasteiger partial charge in [-0.3, -0.25) is 4.68 Å². The highest BCUT2D eigenvalue weighted by Crippen LogP contribution is 2.22. The average molecular weight is 280 g/mol. The highest BCUT2D eigenvalue weighted by atomic mass is 15.3. The zero-order chi connectivity index (χ0) is 15.0.